The Morgan fingerprint density at radius 3 is 2.65 bits per heavy atom. The number of cyclic esters (lactones) is 1. The van der Waals surface area contributed by atoms with Gasteiger partial charge in [0.1, 0.15) is 6.10 Å². The number of carbonyl (C=O) groups is 2. The molecule has 1 saturated heterocycles. The topological polar surface area (TPSA) is 46.6 Å². The van der Waals surface area contributed by atoms with E-state index in [0.717, 1.165) is 10.5 Å². The largest absolute Gasteiger partial charge is 0.439 e. The van der Waals surface area contributed by atoms with Gasteiger partial charge in [0.25, 0.3) is 0 Å². The molecule has 0 radical (unpaired) electrons. The van der Waals surface area contributed by atoms with E-state index in [4.69, 9.17) is 4.74 Å². The summed E-state index contributed by atoms with van der Waals surface area (Å²) in [5, 5.41) is 0. The van der Waals surface area contributed by atoms with Gasteiger partial charge in [-0.3, -0.25) is 4.79 Å². The number of allylic oxidation sites excluding steroid dienone is 2. The van der Waals surface area contributed by atoms with Crippen molar-refractivity contribution < 1.29 is 14.3 Å². The van der Waals surface area contributed by atoms with Crippen molar-refractivity contribution in [2.75, 3.05) is 0 Å². The van der Waals surface area contributed by atoms with Crippen LogP contribution < -0.4 is 0 Å². The highest BCUT2D eigenvalue weighted by molar-refractivity contribution is 5.93. The molecule has 1 heterocycles. The summed E-state index contributed by atoms with van der Waals surface area (Å²) in [5.74, 6) is -0.230. The third-order valence-electron chi connectivity index (χ3n) is 2.72. The van der Waals surface area contributed by atoms with Crippen molar-refractivity contribution in [1.82, 2.24) is 4.90 Å². The zero-order valence-electron chi connectivity index (χ0n) is 10.2. The van der Waals surface area contributed by atoms with Gasteiger partial charge >= 0.3 is 6.09 Å². The van der Waals surface area contributed by atoms with Crippen LogP contribution in [-0.2, 0) is 9.53 Å². The summed E-state index contributed by atoms with van der Waals surface area (Å²) in [6.07, 6.45) is 4.15. The Morgan fingerprint density at radius 2 is 2.18 bits per heavy atom. The van der Waals surface area contributed by atoms with E-state index in [0.29, 0.717) is 0 Å². The van der Waals surface area contributed by atoms with E-state index in [2.05, 4.69) is 13.2 Å². The first-order valence-electron chi connectivity index (χ1n) is 5.54. The summed E-state index contributed by atoms with van der Waals surface area (Å²) < 4.78 is 5.19. The summed E-state index contributed by atoms with van der Waals surface area (Å²) in [7, 11) is 0. The van der Waals surface area contributed by atoms with Crippen LogP contribution in [0.1, 0.15) is 20.3 Å². The highest BCUT2D eigenvalue weighted by Gasteiger charge is 2.42. The molecule has 0 aliphatic carbocycles. The van der Waals surface area contributed by atoms with Gasteiger partial charge in [-0.2, -0.15) is 0 Å². The third kappa shape index (κ3) is 2.46. The molecule has 0 aromatic rings. The quantitative estimate of drug-likeness (QED) is 0.703. The molecule has 1 fully saturated rings. The van der Waals surface area contributed by atoms with Gasteiger partial charge in [0, 0.05) is 6.42 Å². The Morgan fingerprint density at radius 1 is 1.53 bits per heavy atom. The van der Waals surface area contributed by atoms with Crippen LogP contribution in [0.25, 0.3) is 0 Å². The predicted molar refractivity (Wildman–Crippen MR) is 65.3 cm³/mol. The molecule has 0 spiro atoms. The first-order valence-corrected chi connectivity index (χ1v) is 5.54. The van der Waals surface area contributed by atoms with E-state index in [1.54, 1.807) is 32.1 Å². The van der Waals surface area contributed by atoms with Crippen LogP contribution in [0, 0.1) is 0 Å². The fourth-order valence-electron chi connectivity index (χ4n) is 1.83. The lowest BCUT2D eigenvalue weighted by atomic mass is 10.0. The summed E-state index contributed by atoms with van der Waals surface area (Å²) in [6.45, 7) is 10.7. The summed E-state index contributed by atoms with van der Waals surface area (Å²) >= 11 is 0. The minimum absolute atomic E-state index is 0.230. The number of imide groups is 1. The number of hydrogen-bond donors (Lipinski definition) is 0. The Labute approximate surface area is 101 Å². The summed E-state index contributed by atoms with van der Waals surface area (Å²) in [6, 6.07) is -0.320. The molecule has 1 aliphatic rings. The maximum absolute atomic E-state index is 11.6. The molecule has 2 atom stereocenters. The van der Waals surface area contributed by atoms with Crippen LogP contribution in [-0.4, -0.2) is 29.0 Å². The van der Waals surface area contributed by atoms with Crippen molar-refractivity contribution in [1.29, 1.82) is 0 Å². The summed E-state index contributed by atoms with van der Waals surface area (Å²) in [5.41, 5.74) is 0.743. The number of nitrogens with zero attached hydrogens (tertiary/aromatic N) is 1. The first-order chi connectivity index (χ1) is 8.06. The van der Waals surface area contributed by atoms with Crippen molar-refractivity contribution in [2.45, 2.75) is 32.4 Å². The Kier molecular flexibility index (Phi) is 4.26. The Hall–Kier alpha value is -1.84. The van der Waals surface area contributed by atoms with Crippen LogP contribution in [0.2, 0.25) is 0 Å². The van der Waals surface area contributed by atoms with Gasteiger partial charge in [0.05, 0.1) is 6.04 Å². The minimum atomic E-state index is -0.592. The standard InChI is InChI=1S/C13H17NO3/c1-5-8-10(6-2)12-9(4)14(11(15)7-3)13(16)17-12/h5-6,8-9,12H,1-2,7H2,3-4H3/b10-8+/t9-,12-/m1/s1. The first kappa shape index (κ1) is 13.2. The second-order valence-electron chi connectivity index (χ2n) is 3.77. The lowest BCUT2D eigenvalue weighted by Gasteiger charge is -2.19. The van der Waals surface area contributed by atoms with Crippen molar-refractivity contribution >= 4 is 12.0 Å². The number of carbonyl (C=O) groups excluding carboxylic acids is 2. The maximum Gasteiger partial charge on any atom is 0.417 e. The van der Waals surface area contributed by atoms with E-state index >= 15 is 0 Å². The van der Waals surface area contributed by atoms with Crippen LogP contribution in [0.4, 0.5) is 4.79 Å². The molecule has 0 aromatic heterocycles. The van der Waals surface area contributed by atoms with Gasteiger partial charge in [-0.05, 0) is 12.5 Å². The number of ether oxygens (including phenoxy) is 1. The van der Waals surface area contributed by atoms with E-state index in [9.17, 15) is 9.59 Å². The number of amides is 2. The molecular formula is C13H17NO3. The normalized spacial score (nSPS) is 24.5. The highest BCUT2D eigenvalue weighted by Crippen LogP contribution is 2.26. The smallest absolute Gasteiger partial charge is 0.417 e. The third-order valence-corrected chi connectivity index (χ3v) is 2.72. The molecule has 0 N–H and O–H groups in total. The molecule has 92 valence electrons. The van der Waals surface area contributed by atoms with Crippen molar-refractivity contribution in [3.8, 4) is 0 Å². The lowest BCUT2D eigenvalue weighted by Crippen LogP contribution is -2.39. The van der Waals surface area contributed by atoms with E-state index < -0.39 is 12.2 Å². The van der Waals surface area contributed by atoms with Crippen molar-refractivity contribution in [3.63, 3.8) is 0 Å². The molecule has 4 heteroatoms. The van der Waals surface area contributed by atoms with Gasteiger partial charge in [-0.25, -0.2) is 9.69 Å². The SMILES string of the molecule is C=C/C=C(\C=C)[C@@H]1OC(=O)N(C(=O)CC)[C@@H]1C. The Bertz CT molecular complexity index is 384. The second kappa shape index (κ2) is 5.48. The average molecular weight is 235 g/mol. The zero-order chi connectivity index (χ0) is 13.0. The zero-order valence-corrected chi connectivity index (χ0v) is 10.2. The molecule has 1 rings (SSSR count). The number of rotatable bonds is 4. The molecule has 17 heavy (non-hydrogen) atoms. The molecule has 2 amide bonds. The second-order valence-corrected chi connectivity index (χ2v) is 3.77. The molecule has 0 unspecified atom stereocenters. The average Bonchev–Trinajstić information content (AvgIpc) is 2.61. The molecular weight excluding hydrogens is 218 g/mol. The van der Waals surface area contributed by atoms with Gasteiger partial charge in [0.2, 0.25) is 5.91 Å². The van der Waals surface area contributed by atoms with Crippen LogP contribution in [0.15, 0.2) is 37.0 Å². The molecule has 4 nitrogen and oxygen atoms in total. The molecule has 1 aliphatic heterocycles. The highest BCUT2D eigenvalue weighted by atomic mass is 16.6. The molecule has 0 bridgehead atoms. The molecule has 0 saturated carbocycles. The fraction of sp³-hybridized carbons (Fsp3) is 0.385. The Balaban J connectivity index is 2.98. The van der Waals surface area contributed by atoms with Crippen LogP contribution >= 0.6 is 0 Å². The summed E-state index contributed by atoms with van der Waals surface area (Å²) in [4.78, 5) is 24.4. The minimum Gasteiger partial charge on any atom is -0.439 e. The van der Waals surface area contributed by atoms with E-state index in [1.807, 2.05) is 0 Å². The maximum atomic E-state index is 11.6. The van der Waals surface area contributed by atoms with Crippen molar-refractivity contribution in [3.05, 3.63) is 37.0 Å². The van der Waals surface area contributed by atoms with Crippen LogP contribution in [0.5, 0.6) is 0 Å². The lowest BCUT2D eigenvalue weighted by molar-refractivity contribution is -0.128. The van der Waals surface area contributed by atoms with Crippen LogP contribution in [0.3, 0.4) is 0 Å². The van der Waals surface area contributed by atoms with Gasteiger partial charge in [-0.1, -0.05) is 38.3 Å². The predicted octanol–water partition coefficient (Wildman–Crippen LogP) is 2.43. The fourth-order valence-corrected chi connectivity index (χ4v) is 1.83. The monoisotopic (exact) mass is 235 g/mol. The molecule has 0 aromatic carbocycles. The number of hydrogen-bond acceptors (Lipinski definition) is 3. The van der Waals surface area contributed by atoms with Gasteiger partial charge in [-0.15, -0.1) is 0 Å². The van der Waals surface area contributed by atoms with Gasteiger partial charge < -0.3 is 4.74 Å². The van der Waals surface area contributed by atoms with Crippen molar-refractivity contribution in [2.24, 2.45) is 0 Å². The van der Waals surface area contributed by atoms with Gasteiger partial charge in [0.15, 0.2) is 0 Å². The van der Waals surface area contributed by atoms with E-state index in [-0.39, 0.29) is 18.4 Å². The van der Waals surface area contributed by atoms with E-state index in [1.165, 1.54) is 0 Å².